The fourth-order valence-electron chi connectivity index (χ4n) is 2.42. The number of amides is 1. The fourth-order valence-corrected chi connectivity index (χ4v) is 3.34. The SMILES string of the molecule is CNCc1ccccc1-c1csc([C@@H](C)NC(=O)OC(C)(C)C)c1. The van der Waals surface area contributed by atoms with Crippen molar-refractivity contribution in [3.63, 3.8) is 0 Å². The normalized spacial score (nSPS) is 12.7. The summed E-state index contributed by atoms with van der Waals surface area (Å²) in [6.45, 7) is 8.38. The zero-order valence-corrected chi connectivity index (χ0v) is 15.8. The highest BCUT2D eigenvalue weighted by Gasteiger charge is 2.19. The molecule has 2 N–H and O–H groups in total. The standard InChI is InChI=1S/C19H26N2O2S/c1-13(21-18(22)23-19(2,3)4)17-10-15(12-24-17)16-9-7-6-8-14(16)11-20-5/h6-10,12-13,20H,11H2,1-5H3,(H,21,22)/t13-/m1/s1. The average molecular weight is 346 g/mol. The van der Waals surface area contributed by atoms with Gasteiger partial charge in [0, 0.05) is 11.4 Å². The van der Waals surface area contributed by atoms with E-state index < -0.39 is 5.60 Å². The van der Waals surface area contributed by atoms with Gasteiger partial charge in [-0.25, -0.2) is 4.79 Å². The second-order valence-corrected chi connectivity index (χ2v) is 7.74. The number of alkyl carbamates (subject to hydrolysis) is 1. The first-order chi connectivity index (χ1) is 11.3. The Morgan fingerprint density at radius 3 is 2.67 bits per heavy atom. The van der Waals surface area contributed by atoms with Crippen molar-refractivity contribution >= 4 is 17.4 Å². The molecule has 4 nitrogen and oxygen atoms in total. The highest BCUT2D eigenvalue weighted by Crippen LogP contribution is 2.31. The summed E-state index contributed by atoms with van der Waals surface area (Å²) >= 11 is 1.65. The van der Waals surface area contributed by atoms with Crippen LogP contribution < -0.4 is 10.6 Å². The van der Waals surface area contributed by atoms with Crippen LogP contribution in [0.3, 0.4) is 0 Å². The van der Waals surface area contributed by atoms with E-state index in [1.54, 1.807) is 11.3 Å². The van der Waals surface area contributed by atoms with Crippen molar-refractivity contribution < 1.29 is 9.53 Å². The Kier molecular flexibility index (Phi) is 6.02. The maximum atomic E-state index is 11.9. The molecular formula is C19H26N2O2S. The molecule has 0 aliphatic carbocycles. The number of hydrogen-bond donors (Lipinski definition) is 2. The van der Waals surface area contributed by atoms with Gasteiger partial charge in [0.1, 0.15) is 5.60 Å². The van der Waals surface area contributed by atoms with Crippen LogP contribution in [-0.2, 0) is 11.3 Å². The van der Waals surface area contributed by atoms with E-state index in [9.17, 15) is 4.79 Å². The molecule has 0 fully saturated rings. The van der Waals surface area contributed by atoms with Crippen LogP contribution in [0.25, 0.3) is 11.1 Å². The Labute approximate surface area is 148 Å². The number of thiophene rings is 1. The Morgan fingerprint density at radius 2 is 2.00 bits per heavy atom. The Balaban J connectivity index is 2.12. The van der Waals surface area contributed by atoms with Gasteiger partial charge in [0.05, 0.1) is 6.04 Å². The van der Waals surface area contributed by atoms with Crippen LogP contribution >= 0.6 is 11.3 Å². The van der Waals surface area contributed by atoms with Crippen LogP contribution in [0.15, 0.2) is 35.7 Å². The minimum Gasteiger partial charge on any atom is -0.444 e. The summed E-state index contributed by atoms with van der Waals surface area (Å²) in [5.74, 6) is 0. The largest absolute Gasteiger partial charge is 0.444 e. The minimum absolute atomic E-state index is 0.0879. The van der Waals surface area contributed by atoms with Gasteiger partial charge >= 0.3 is 6.09 Å². The number of hydrogen-bond acceptors (Lipinski definition) is 4. The molecule has 0 bridgehead atoms. The predicted octanol–water partition coefficient (Wildman–Crippen LogP) is 4.72. The second-order valence-electron chi connectivity index (χ2n) is 6.79. The Bertz CT molecular complexity index is 689. The first-order valence-corrected chi connectivity index (χ1v) is 8.99. The molecule has 0 unspecified atom stereocenters. The third-order valence-electron chi connectivity index (χ3n) is 3.48. The lowest BCUT2D eigenvalue weighted by Gasteiger charge is -2.21. The van der Waals surface area contributed by atoms with Gasteiger partial charge in [0.25, 0.3) is 0 Å². The number of ether oxygens (including phenoxy) is 1. The summed E-state index contributed by atoms with van der Waals surface area (Å²) in [5, 5.41) is 8.23. The molecule has 0 saturated carbocycles. The fraction of sp³-hybridized carbons (Fsp3) is 0.421. The topological polar surface area (TPSA) is 50.4 Å². The summed E-state index contributed by atoms with van der Waals surface area (Å²) in [7, 11) is 1.95. The van der Waals surface area contributed by atoms with Crippen molar-refractivity contribution in [3.8, 4) is 11.1 Å². The molecule has 0 aliphatic rings. The molecule has 130 valence electrons. The van der Waals surface area contributed by atoms with Crippen molar-refractivity contribution in [2.45, 2.75) is 45.9 Å². The smallest absolute Gasteiger partial charge is 0.408 e. The summed E-state index contributed by atoms with van der Waals surface area (Å²) in [6, 6.07) is 10.4. The van der Waals surface area contributed by atoms with Crippen molar-refractivity contribution in [2.75, 3.05) is 7.05 Å². The van der Waals surface area contributed by atoms with E-state index in [2.05, 4.69) is 40.3 Å². The van der Waals surface area contributed by atoms with Crippen LogP contribution in [-0.4, -0.2) is 18.7 Å². The van der Waals surface area contributed by atoms with Crippen molar-refractivity contribution in [2.24, 2.45) is 0 Å². The zero-order valence-electron chi connectivity index (χ0n) is 15.0. The molecule has 0 saturated heterocycles. The lowest BCUT2D eigenvalue weighted by molar-refractivity contribution is 0.0509. The first kappa shape index (κ1) is 18.5. The molecule has 1 aromatic carbocycles. The maximum absolute atomic E-state index is 11.9. The second kappa shape index (κ2) is 7.81. The third-order valence-corrected chi connectivity index (χ3v) is 4.59. The molecule has 1 aromatic heterocycles. The van der Waals surface area contributed by atoms with Crippen molar-refractivity contribution in [3.05, 3.63) is 46.2 Å². The van der Waals surface area contributed by atoms with Crippen molar-refractivity contribution in [1.29, 1.82) is 0 Å². The number of carbonyl (C=O) groups is 1. The van der Waals surface area contributed by atoms with Crippen LogP contribution in [0.1, 0.15) is 44.2 Å². The predicted molar refractivity (Wildman–Crippen MR) is 100 cm³/mol. The van der Waals surface area contributed by atoms with Gasteiger partial charge in [-0.1, -0.05) is 24.3 Å². The van der Waals surface area contributed by atoms with Gasteiger partial charge in [-0.3, -0.25) is 0 Å². The molecule has 2 rings (SSSR count). The summed E-state index contributed by atoms with van der Waals surface area (Å²) in [6.07, 6.45) is -0.388. The van der Waals surface area contributed by atoms with Crippen molar-refractivity contribution in [1.82, 2.24) is 10.6 Å². The van der Waals surface area contributed by atoms with Crippen LogP contribution in [0.4, 0.5) is 4.79 Å². The number of carbonyl (C=O) groups excluding carboxylic acids is 1. The monoisotopic (exact) mass is 346 g/mol. The van der Waals surface area contributed by atoms with Crippen LogP contribution in [0, 0.1) is 0 Å². The summed E-state index contributed by atoms with van der Waals surface area (Å²) < 4.78 is 5.32. The van der Waals surface area contributed by atoms with E-state index in [4.69, 9.17) is 4.74 Å². The van der Waals surface area contributed by atoms with Gasteiger partial charge in [-0.15, -0.1) is 11.3 Å². The molecular weight excluding hydrogens is 320 g/mol. The summed E-state index contributed by atoms with van der Waals surface area (Å²) in [4.78, 5) is 13.0. The lowest BCUT2D eigenvalue weighted by atomic mass is 10.0. The molecule has 2 aromatic rings. The zero-order chi connectivity index (χ0) is 17.7. The molecule has 1 amide bonds. The quantitative estimate of drug-likeness (QED) is 0.823. The van der Waals surface area contributed by atoms with Gasteiger partial charge in [0.15, 0.2) is 0 Å². The van der Waals surface area contributed by atoms with Gasteiger partial charge in [-0.2, -0.15) is 0 Å². The average Bonchev–Trinajstić information content (AvgIpc) is 2.96. The maximum Gasteiger partial charge on any atom is 0.408 e. The van der Waals surface area contributed by atoms with E-state index in [0.29, 0.717) is 0 Å². The Hall–Kier alpha value is -1.85. The molecule has 0 spiro atoms. The molecule has 1 atom stereocenters. The van der Waals surface area contributed by atoms with Crippen LogP contribution in [0.2, 0.25) is 0 Å². The van der Waals surface area contributed by atoms with E-state index in [-0.39, 0.29) is 12.1 Å². The molecule has 1 heterocycles. The van der Waals surface area contributed by atoms with Crippen LogP contribution in [0.5, 0.6) is 0 Å². The molecule has 5 heteroatoms. The highest BCUT2D eigenvalue weighted by atomic mass is 32.1. The van der Waals surface area contributed by atoms with Gasteiger partial charge < -0.3 is 15.4 Å². The van der Waals surface area contributed by atoms with E-state index in [0.717, 1.165) is 11.4 Å². The lowest BCUT2D eigenvalue weighted by Crippen LogP contribution is -2.33. The molecule has 0 aliphatic heterocycles. The van der Waals surface area contributed by atoms with E-state index >= 15 is 0 Å². The van der Waals surface area contributed by atoms with Gasteiger partial charge in [0.2, 0.25) is 0 Å². The highest BCUT2D eigenvalue weighted by molar-refractivity contribution is 7.10. The first-order valence-electron chi connectivity index (χ1n) is 8.11. The van der Waals surface area contributed by atoms with Gasteiger partial charge in [-0.05, 0) is 62.9 Å². The Morgan fingerprint density at radius 1 is 1.29 bits per heavy atom. The molecule has 24 heavy (non-hydrogen) atoms. The number of benzene rings is 1. The minimum atomic E-state index is -0.490. The van der Waals surface area contributed by atoms with E-state index in [1.165, 1.54) is 16.7 Å². The number of rotatable bonds is 5. The van der Waals surface area contributed by atoms with E-state index in [1.807, 2.05) is 40.8 Å². The number of nitrogens with one attached hydrogen (secondary N) is 2. The summed E-state index contributed by atoms with van der Waals surface area (Å²) in [5.41, 5.74) is 3.17. The molecule has 0 radical (unpaired) electrons. The third kappa shape index (κ3) is 5.08.